The molecule has 140 valence electrons. The van der Waals surface area contributed by atoms with E-state index in [-0.39, 0.29) is 29.8 Å². The maximum atomic E-state index is 13.2. The number of hydrogen-bond acceptors (Lipinski definition) is 3. The molecule has 0 spiro atoms. The molecule has 0 fully saturated rings. The van der Waals surface area contributed by atoms with Crippen molar-refractivity contribution in [3.8, 4) is 0 Å². The number of nitrogens with zero attached hydrogens (tertiary/aromatic N) is 1. The lowest BCUT2D eigenvalue weighted by Gasteiger charge is -2.31. The van der Waals surface area contributed by atoms with Gasteiger partial charge in [0, 0.05) is 11.6 Å². The van der Waals surface area contributed by atoms with Crippen LogP contribution in [0.25, 0.3) is 0 Å². The molecule has 2 aromatic carbocycles. The third kappa shape index (κ3) is 3.80. The lowest BCUT2D eigenvalue weighted by atomic mass is 10.00. The zero-order chi connectivity index (χ0) is 19.7. The average molecular weight is 387 g/mol. The predicted octanol–water partition coefficient (Wildman–Crippen LogP) is 3.66. The first-order chi connectivity index (χ1) is 12.8. The molecule has 3 rings (SSSR count). The van der Waals surface area contributed by atoms with E-state index in [4.69, 9.17) is 16.7 Å². The molecule has 2 aromatic rings. The zero-order valence-electron chi connectivity index (χ0n) is 14.9. The molecule has 0 aromatic heterocycles. The minimum absolute atomic E-state index is 0.114. The summed E-state index contributed by atoms with van der Waals surface area (Å²) in [6.45, 7) is 3.94. The Labute approximate surface area is 161 Å². The van der Waals surface area contributed by atoms with Crippen LogP contribution >= 0.6 is 11.6 Å². The van der Waals surface area contributed by atoms with Gasteiger partial charge in [0.05, 0.1) is 16.8 Å². The molecule has 27 heavy (non-hydrogen) atoms. The largest absolute Gasteiger partial charge is 0.478 e. The standard InChI is InChI=1S/C20H19ClN2O4/c1-11(2)17-18(24)22-16-9-14(21)7-8-15(16)19(25)23(17)10-12-3-5-13(6-4-12)20(26)27/h3-9,11,17H,10H2,1-2H3,(H,22,24)(H,26,27)/t17-/m1/s1. The van der Waals surface area contributed by atoms with E-state index in [2.05, 4.69) is 5.32 Å². The molecule has 1 atom stereocenters. The van der Waals surface area contributed by atoms with Gasteiger partial charge in [-0.1, -0.05) is 37.6 Å². The van der Waals surface area contributed by atoms with Crippen LogP contribution in [0.5, 0.6) is 0 Å². The molecule has 0 bridgehead atoms. The van der Waals surface area contributed by atoms with E-state index in [0.717, 1.165) is 5.56 Å². The van der Waals surface area contributed by atoms with Crippen molar-refractivity contribution in [3.63, 3.8) is 0 Å². The molecular weight excluding hydrogens is 368 g/mol. The maximum absolute atomic E-state index is 13.2. The van der Waals surface area contributed by atoms with Gasteiger partial charge in [0.2, 0.25) is 5.91 Å². The van der Waals surface area contributed by atoms with E-state index in [0.29, 0.717) is 16.3 Å². The van der Waals surface area contributed by atoms with Crippen molar-refractivity contribution in [2.24, 2.45) is 5.92 Å². The number of carboxylic acid groups (broad SMARTS) is 1. The quantitative estimate of drug-likeness (QED) is 0.839. The Morgan fingerprint density at radius 3 is 2.44 bits per heavy atom. The van der Waals surface area contributed by atoms with Gasteiger partial charge in [-0.25, -0.2) is 4.79 Å². The number of rotatable bonds is 4. The van der Waals surface area contributed by atoms with Crippen LogP contribution in [0.2, 0.25) is 5.02 Å². The number of amides is 2. The Kier molecular flexibility index (Phi) is 5.19. The number of carboxylic acids is 1. The number of fused-ring (bicyclic) bond motifs is 1. The summed E-state index contributed by atoms with van der Waals surface area (Å²) in [7, 11) is 0. The first kappa shape index (κ1) is 18.9. The van der Waals surface area contributed by atoms with Crippen LogP contribution in [0.1, 0.15) is 40.1 Å². The van der Waals surface area contributed by atoms with Crippen LogP contribution < -0.4 is 5.32 Å². The second-order valence-electron chi connectivity index (χ2n) is 6.80. The number of benzene rings is 2. The highest BCUT2D eigenvalue weighted by molar-refractivity contribution is 6.31. The molecular formula is C20H19ClN2O4. The summed E-state index contributed by atoms with van der Waals surface area (Å²) >= 11 is 6.01. The van der Waals surface area contributed by atoms with Gasteiger partial charge in [0.15, 0.2) is 0 Å². The van der Waals surface area contributed by atoms with E-state index >= 15 is 0 Å². The highest BCUT2D eigenvalue weighted by Crippen LogP contribution is 2.29. The Hall–Kier alpha value is -2.86. The normalized spacial score (nSPS) is 16.7. The van der Waals surface area contributed by atoms with Crippen molar-refractivity contribution in [2.75, 3.05) is 5.32 Å². The van der Waals surface area contributed by atoms with E-state index in [1.807, 2.05) is 13.8 Å². The summed E-state index contributed by atoms with van der Waals surface area (Å²) < 4.78 is 0. The highest BCUT2D eigenvalue weighted by atomic mass is 35.5. The van der Waals surface area contributed by atoms with Crippen LogP contribution in [0, 0.1) is 5.92 Å². The second-order valence-corrected chi connectivity index (χ2v) is 7.24. The summed E-state index contributed by atoms with van der Waals surface area (Å²) in [6, 6.07) is 10.4. The van der Waals surface area contributed by atoms with Gasteiger partial charge in [-0.3, -0.25) is 9.59 Å². The van der Waals surface area contributed by atoms with Crippen molar-refractivity contribution in [1.29, 1.82) is 0 Å². The number of aromatic carboxylic acids is 1. The van der Waals surface area contributed by atoms with Gasteiger partial charge in [0.25, 0.3) is 5.91 Å². The van der Waals surface area contributed by atoms with Gasteiger partial charge < -0.3 is 15.3 Å². The fourth-order valence-electron chi connectivity index (χ4n) is 3.22. The zero-order valence-corrected chi connectivity index (χ0v) is 15.7. The van der Waals surface area contributed by atoms with Crippen LogP contribution in [0.3, 0.4) is 0 Å². The third-order valence-electron chi connectivity index (χ3n) is 4.52. The van der Waals surface area contributed by atoms with Gasteiger partial charge in [-0.15, -0.1) is 0 Å². The first-order valence-electron chi connectivity index (χ1n) is 8.51. The minimum atomic E-state index is -1.02. The number of halogens is 1. The van der Waals surface area contributed by atoms with Crippen molar-refractivity contribution < 1.29 is 19.5 Å². The number of carbonyl (C=O) groups is 3. The molecule has 2 N–H and O–H groups in total. The van der Waals surface area contributed by atoms with E-state index in [1.165, 1.54) is 17.0 Å². The summed E-state index contributed by atoms with van der Waals surface area (Å²) in [5, 5.41) is 12.3. The summed E-state index contributed by atoms with van der Waals surface area (Å²) in [5.74, 6) is -1.68. The number of anilines is 1. The molecule has 0 aliphatic carbocycles. The van der Waals surface area contributed by atoms with E-state index in [1.54, 1.807) is 30.3 Å². The summed E-state index contributed by atoms with van der Waals surface area (Å²) in [6.07, 6.45) is 0. The first-order valence-corrected chi connectivity index (χ1v) is 8.89. The number of carbonyl (C=O) groups excluding carboxylic acids is 2. The molecule has 2 amide bonds. The summed E-state index contributed by atoms with van der Waals surface area (Å²) in [4.78, 5) is 38.5. The molecule has 0 unspecified atom stereocenters. The fourth-order valence-corrected chi connectivity index (χ4v) is 3.39. The molecule has 1 heterocycles. The van der Waals surface area contributed by atoms with Crippen LogP contribution in [-0.2, 0) is 11.3 Å². The average Bonchev–Trinajstić information content (AvgIpc) is 2.70. The summed E-state index contributed by atoms with van der Waals surface area (Å²) in [5.41, 5.74) is 1.67. The Morgan fingerprint density at radius 2 is 1.85 bits per heavy atom. The predicted molar refractivity (Wildman–Crippen MR) is 102 cm³/mol. The Balaban J connectivity index is 2.00. The van der Waals surface area contributed by atoms with E-state index < -0.39 is 12.0 Å². The lowest BCUT2D eigenvalue weighted by molar-refractivity contribution is -0.121. The van der Waals surface area contributed by atoms with Crippen LogP contribution in [0.4, 0.5) is 5.69 Å². The fraction of sp³-hybridized carbons (Fsp3) is 0.250. The molecule has 1 aliphatic rings. The van der Waals surface area contributed by atoms with Gasteiger partial charge in [0.1, 0.15) is 6.04 Å². The van der Waals surface area contributed by atoms with Crippen molar-refractivity contribution in [3.05, 3.63) is 64.2 Å². The van der Waals surface area contributed by atoms with Gasteiger partial charge in [-0.2, -0.15) is 0 Å². The molecule has 0 radical (unpaired) electrons. The smallest absolute Gasteiger partial charge is 0.335 e. The monoisotopic (exact) mass is 386 g/mol. The Bertz CT molecular complexity index is 909. The van der Waals surface area contributed by atoms with Crippen LogP contribution in [0.15, 0.2) is 42.5 Å². The van der Waals surface area contributed by atoms with Crippen molar-refractivity contribution in [1.82, 2.24) is 4.90 Å². The minimum Gasteiger partial charge on any atom is -0.478 e. The lowest BCUT2D eigenvalue weighted by Crippen LogP contribution is -2.47. The molecule has 0 saturated heterocycles. The van der Waals surface area contributed by atoms with Crippen molar-refractivity contribution >= 4 is 35.1 Å². The van der Waals surface area contributed by atoms with Crippen molar-refractivity contribution in [2.45, 2.75) is 26.4 Å². The second kappa shape index (κ2) is 7.40. The van der Waals surface area contributed by atoms with Gasteiger partial charge >= 0.3 is 5.97 Å². The topological polar surface area (TPSA) is 86.7 Å². The maximum Gasteiger partial charge on any atom is 0.335 e. The van der Waals surface area contributed by atoms with E-state index in [9.17, 15) is 14.4 Å². The molecule has 1 aliphatic heterocycles. The third-order valence-corrected chi connectivity index (χ3v) is 4.76. The number of hydrogen-bond donors (Lipinski definition) is 2. The molecule has 7 heteroatoms. The van der Waals surface area contributed by atoms with Crippen LogP contribution in [-0.4, -0.2) is 33.8 Å². The molecule has 6 nitrogen and oxygen atoms in total. The molecule has 0 saturated carbocycles. The van der Waals surface area contributed by atoms with Gasteiger partial charge in [-0.05, 0) is 41.8 Å². The highest BCUT2D eigenvalue weighted by Gasteiger charge is 2.37. The Morgan fingerprint density at radius 1 is 1.19 bits per heavy atom. The SMILES string of the molecule is CC(C)[C@@H]1C(=O)Nc2cc(Cl)ccc2C(=O)N1Cc1ccc(C(=O)O)cc1. The number of nitrogens with one attached hydrogen (secondary N) is 1.